The lowest BCUT2D eigenvalue weighted by molar-refractivity contribution is 0.123. The van der Waals surface area contributed by atoms with E-state index in [9.17, 15) is 0 Å². The Hall–Kier alpha value is -1.26. The van der Waals surface area contributed by atoms with Gasteiger partial charge in [0.15, 0.2) is 0 Å². The van der Waals surface area contributed by atoms with Gasteiger partial charge in [-0.1, -0.05) is 13.0 Å². The maximum atomic E-state index is 5.97. The summed E-state index contributed by atoms with van der Waals surface area (Å²) in [6, 6.07) is 5.96. The van der Waals surface area contributed by atoms with E-state index in [0.717, 1.165) is 37.7 Å². The van der Waals surface area contributed by atoms with Gasteiger partial charge >= 0.3 is 0 Å². The van der Waals surface area contributed by atoms with Crippen LogP contribution in [0.3, 0.4) is 0 Å². The number of anilines is 1. The van der Waals surface area contributed by atoms with E-state index in [2.05, 4.69) is 23.8 Å². The van der Waals surface area contributed by atoms with Crippen LogP contribution in [0.15, 0.2) is 18.2 Å². The fourth-order valence-electron chi connectivity index (χ4n) is 2.56. The molecule has 1 aliphatic rings. The third-order valence-electron chi connectivity index (χ3n) is 3.85. The minimum atomic E-state index is 0.513. The molecule has 1 aromatic carbocycles. The third-order valence-corrected chi connectivity index (χ3v) is 3.85. The first-order chi connectivity index (χ1) is 9.54. The van der Waals surface area contributed by atoms with Crippen LogP contribution in [0.25, 0.3) is 0 Å². The van der Waals surface area contributed by atoms with Gasteiger partial charge in [0.25, 0.3) is 0 Å². The Morgan fingerprint density at radius 2 is 1.95 bits per heavy atom. The molecule has 1 atom stereocenters. The van der Waals surface area contributed by atoms with Gasteiger partial charge in [-0.2, -0.15) is 0 Å². The average Bonchev–Trinajstić information content (AvgIpc) is 2.40. The molecule has 4 nitrogen and oxygen atoms in total. The molecular formula is C16H27N3O. The molecule has 2 rings (SSSR count). The lowest BCUT2D eigenvalue weighted by atomic mass is 10.1. The smallest absolute Gasteiger partial charge is 0.142 e. The SMILES string of the molecule is Cc1ccc(OCC(C)CN2CCN(C)CC2)c(N)c1. The minimum Gasteiger partial charge on any atom is -0.491 e. The van der Waals surface area contributed by atoms with Crippen molar-refractivity contribution in [3.63, 3.8) is 0 Å². The number of benzene rings is 1. The summed E-state index contributed by atoms with van der Waals surface area (Å²) in [7, 11) is 2.18. The van der Waals surface area contributed by atoms with Crippen LogP contribution in [0.2, 0.25) is 0 Å². The highest BCUT2D eigenvalue weighted by molar-refractivity contribution is 5.53. The van der Waals surface area contributed by atoms with Gasteiger partial charge in [-0.25, -0.2) is 0 Å². The van der Waals surface area contributed by atoms with Gasteiger partial charge in [-0.3, -0.25) is 0 Å². The summed E-state index contributed by atoms with van der Waals surface area (Å²) in [5.41, 5.74) is 7.87. The van der Waals surface area contributed by atoms with Crippen LogP contribution in [0.1, 0.15) is 12.5 Å². The molecule has 0 bridgehead atoms. The zero-order valence-electron chi connectivity index (χ0n) is 12.9. The standard InChI is InChI=1S/C16H27N3O/c1-13-4-5-16(15(17)10-13)20-12-14(2)11-19-8-6-18(3)7-9-19/h4-5,10,14H,6-9,11-12,17H2,1-3H3. The fraction of sp³-hybridized carbons (Fsp3) is 0.625. The van der Waals surface area contributed by atoms with Gasteiger partial charge in [-0.15, -0.1) is 0 Å². The first-order valence-electron chi connectivity index (χ1n) is 7.44. The first kappa shape index (κ1) is 15.1. The topological polar surface area (TPSA) is 41.7 Å². The molecule has 1 aromatic rings. The first-order valence-corrected chi connectivity index (χ1v) is 7.44. The lowest BCUT2D eigenvalue weighted by Gasteiger charge is -2.33. The van der Waals surface area contributed by atoms with Crippen molar-refractivity contribution in [3.05, 3.63) is 23.8 Å². The van der Waals surface area contributed by atoms with Gasteiger partial charge in [0.05, 0.1) is 12.3 Å². The summed E-state index contributed by atoms with van der Waals surface area (Å²) in [6.45, 7) is 10.7. The van der Waals surface area contributed by atoms with E-state index in [-0.39, 0.29) is 0 Å². The third kappa shape index (κ3) is 4.39. The normalized spacial score (nSPS) is 18.9. The van der Waals surface area contributed by atoms with Crippen LogP contribution < -0.4 is 10.5 Å². The molecule has 2 N–H and O–H groups in total. The van der Waals surface area contributed by atoms with Crippen molar-refractivity contribution in [2.24, 2.45) is 5.92 Å². The quantitative estimate of drug-likeness (QED) is 0.834. The highest BCUT2D eigenvalue weighted by atomic mass is 16.5. The Morgan fingerprint density at radius 3 is 2.60 bits per heavy atom. The zero-order chi connectivity index (χ0) is 14.5. The molecule has 0 saturated carbocycles. The predicted octanol–water partition coefficient (Wildman–Crippen LogP) is 1.84. The van der Waals surface area contributed by atoms with Crippen LogP contribution in [-0.2, 0) is 0 Å². The highest BCUT2D eigenvalue weighted by Crippen LogP contribution is 2.22. The number of aryl methyl sites for hydroxylation is 1. The van der Waals surface area contributed by atoms with Gasteiger partial charge in [0.1, 0.15) is 5.75 Å². The monoisotopic (exact) mass is 277 g/mol. The summed E-state index contributed by atoms with van der Waals surface area (Å²) >= 11 is 0. The molecule has 1 saturated heterocycles. The molecule has 1 unspecified atom stereocenters. The molecule has 4 heteroatoms. The summed E-state index contributed by atoms with van der Waals surface area (Å²) in [6.07, 6.45) is 0. The van der Waals surface area contributed by atoms with Crippen molar-refractivity contribution >= 4 is 5.69 Å². The molecule has 0 radical (unpaired) electrons. The Kier molecular flexibility index (Phi) is 5.26. The van der Waals surface area contributed by atoms with E-state index < -0.39 is 0 Å². The minimum absolute atomic E-state index is 0.513. The molecule has 1 heterocycles. The van der Waals surface area contributed by atoms with Crippen LogP contribution in [-0.4, -0.2) is 56.2 Å². The van der Waals surface area contributed by atoms with Crippen molar-refractivity contribution in [1.29, 1.82) is 0 Å². The van der Waals surface area contributed by atoms with E-state index in [0.29, 0.717) is 5.92 Å². The molecule has 0 spiro atoms. The number of nitrogen functional groups attached to an aromatic ring is 1. The van der Waals surface area contributed by atoms with Crippen molar-refractivity contribution in [1.82, 2.24) is 9.80 Å². The largest absolute Gasteiger partial charge is 0.491 e. The molecule has 20 heavy (non-hydrogen) atoms. The molecule has 0 amide bonds. The summed E-state index contributed by atoms with van der Waals surface area (Å²) in [4.78, 5) is 4.90. The van der Waals surface area contributed by atoms with E-state index in [4.69, 9.17) is 10.5 Å². The molecule has 1 fully saturated rings. The molecule has 0 aromatic heterocycles. The van der Waals surface area contributed by atoms with E-state index in [1.165, 1.54) is 18.7 Å². The van der Waals surface area contributed by atoms with E-state index in [1.807, 2.05) is 25.1 Å². The molecule has 0 aliphatic carbocycles. The Bertz CT molecular complexity index is 428. The Balaban J connectivity index is 1.76. The second-order valence-corrected chi connectivity index (χ2v) is 6.06. The lowest BCUT2D eigenvalue weighted by Crippen LogP contribution is -2.46. The number of hydrogen-bond donors (Lipinski definition) is 1. The van der Waals surface area contributed by atoms with Gasteiger partial charge < -0.3 is 20.3 Å². The second kappa shape index (κ2) is 6.95. The number of rotatable bonds is 5. The van der Waals surface area contributed by atoms with Crippen LogP contribution >= 0.6 is 0 Å². The number of likely N-dealkylation sites (N-methyl/N-ethyl adjacent to an activating group) is 1. The van der Waals surface area contributed by atoms with Crippen molar-refractivity contribution in [2.45, 2.75) is 13.8 Å². The molecule has 112 valence electrons. The summed E-state index contributed by atoms with van der Waals surface area (Å²) < 4.78 is 5.85. The van der Waals surface area contributed by atoms with Gasteiger partial charge in [0.2, 0.25) is 0 Å². The Morgan fingerprint density at radius 1 is 1.25 bits per heavy atom. The maximum Gasteiger partial charge on any atom is 0.142 e. The molecule has 1 aliphatic heterocycles. The number of hydrogen-bond acceptors (Lipinski definition) is 4. The number of piperazine rings is 1. The number of nitrogens with two attached hydrogens (primary N) is 1. The number of nitrogens with zero attached hydrogens (tertiary/aromatic N) is 2. The average molecular weight is 277 g/mol. The number of ether oxygens (including phenoxy) is 1. The summed E-state index contributed by atoms with van der Waals surface area (Å²) in [5.74, 6) is 1.32. The van der Waals surface area contributed by atoms with Crippen molar-refractivity contribution in [3.8, 4) is 5.75 Å². The van der Waals surface area contributed by atoms with Gasteiger partial charge in [-0.05, 0) is 31.7 Å². The Labute approximate surface area is 122 Å². The summed E-state index contributed by atoms with van der Waals surface area (Å²) in [5, 5.41) is 0. The van der Waals surface area contributed by atoms with Crippen LogP contribution in [0.5, 0.6) is 5.75 Å². The second-order valence-electron chi connectivity index (χ2n) is 6.06. The molecular weight excluding hydrogens is 250 g/mol. The van der Waals surface area contributed by atoms with E-state index >= 15 is 0 Å². The predicted molar refractivity (Wildman–Crippen MR) is 84.2 cm³/mol. The van der Waals surface area contributed by atoms with Crippen LogP contribution in [0.4, 0.5) is 5.69 Å². The maximum absolute atomic E-state index is 5.97. The highest BCUT2D eigenvalue weighted by Gasteiger charge is 2.16. The fourth-order valence-corrected chi connectivity index (χ4v) is 2.56. The van der Waals surface area contributed by atoms with Crippen molar-refractivity contribution < 1.29 is 4.74 Å². The van der Waals surface area contributed by atoms with Gasteiger partial charge in [0, 0.05) is 38.6 Å². The van der Waals surface area contributed by atoms with E-state index in [1.54, 1.807) is 0 Å². The van der Waals surface area contributed by atoms with Crippen molar-refractivity contribution in [2.75, 3.05) is 52.1 Å². The zero-order valence-corrected chi connectivity index (χ0v) is 12.9. The van der Waals surface area contributed by atoms with Crippen LogP contribution in [0, 0.1) is 12.8 Å².